The summed E-state index contributed by atoms with van der Waals surface area (Å²) in [7, 11) is 0. The summed E-state index contributed by atoms with van der Waals surface area (Å²) in [5, 5.41) is 14.1. The summed E-state index contributed by atoms with van der Waals surface area (Å²) in [5.74, 6) is 0. The fourth-order valence-corrected chi connectivity index (χ4v) is 1.97. The number of aromatic nitrogens is 1. The molecular formula is C14H16N4O. The van der Waals surface area contributed by atoms with Crippen molar-refractivity contribution in [2.75, 3.05) is 11.9 Å². The lowest BCUT2D eigenvalue weighted by Gasteiger charge is -2.13. The maximum Gasteiger partial charge on any atom is 0.319 e. The normalized spacial score (nSPS) is 14.2. The van der Waals surface area contributed by atoms with Gasteiger partial charge in [-0.3, -0.25) is 0 Å². The van der Waals surface area contributed by atoms with Crippen molar-refractivity contribution in [1.82, 2.24) is 10.3 Å². The van der Waals surface area contributed by atoms with Gasteiger partial charge in [-0.05, 0) is 37.8 Å². The molecule has 1 aromatic heterocycles. The fourth-order valence-electron chi connectivity index (χ4n) is 1.97. The van der Waals surface area contributed by atoms with Crippen molar-refractivity contribution in [2.24, 2.45) is 0 Å². The van der Waals surface area contributed by atoms with Gasteiger partial charge in [-0.1, -0.05) is 11.6 Å². The minimum absolute atomic E-state index is 0.252. The van der Waals surface area contributed by atoms with Gasteiger partial charge in [0.1, 0.15) is 11.8 Å². The summed E-state index contributed by atoms with van der Waals surface area (Å²) in [6, 6.07) is 4.90. The van der Waals surface area contributed by atoms with Crippen molar-refractivity contribution in [3.63, 3.8) is 0 Å². The Kier molecular flexibility index (Phi) is 4.51. The van der Waals surface area contributed by atoms with E-state index in [1.54, 1.807) is 12.1 Å². The first kappa shape index (κ1) is 13.1. The lowest BCUT2D eigenvalue weighted by molar-refractivity contribution is 0.252. The van der Waals surface area contributed by atoms with Gasteiger partial charge in [0.15, 0.2) is 0 Å². The van der Waals surface area contributed by atoms with Gasteiger partial charge >= 0.3 is 6.03 Å². The van der Waals surface area contributed by atoms with E-state index in [0.717, 1.165) is 12.8 Å². The van der Waals surface area contributed by atoms with Crippen molar-refractivity contribution in [2.45, 2.75) is 25.7 Å². The second-order valence-electron chi connectivity index (χ2n) is 4.46. The monoisotopic (exact) mass is 256 g/mol. The molecule has 0 aliphatic heterocycles. The number of nitriles is 1. The van der Waals surface area contributed by atoms with Gasteiger partial charge in [0.25, 0.3) is 0 Å². The van der Waals surface area contributed by atoms with Crippen molar-refractivity contribution in [1.29, 1.82) is 5.26 Å². The molecule has 5 nitrogen and oxygen atoms in total. The predicted molar refractivity (Wildman–Crippen MR) is 72.5 cm³/mol. The third kappa shape index (κ3) is 4.11. The molecule has 2 amide bonds. The lowest BCUT2D eigenvalue weighted by Crippen LogP contribution is -2.30. The highest BCUT2D eigenvalue weighted by Crippen LogP contribution is 2.16. The minimum Gasteiger partial charge on any atom is -0.334 e. The Hall–Kier alpha value is -2.35. The predicted octanol–water partition coefficient (Wildman–Crippen LogP) is 2.58. The molecule has 19 heavy (non-hydrogen) atoms. The topological polar surface area (TPSA) is 77.8 Å². The zero-order chi connectivity index (χ0) is 13.5. The lowest BCUT2D eigenvalue weighted by atomic mass is 10.00. The molecule has 2 N–H and O–H groups in total. The number of nitrogens with one attached hydrogen (secondary N) is 2. The van der Waals surface area contributed by atoms with Crippen LogP contribution in [-0.4, -0.2) is 17.6 Å². The average Bonchev–Trinajstić information content (AvgIpc) is 2.47. The number of hydrogen-bond acceptors (Lipinski definition) is 3. The maximum atomic E-state index is 11.7. The summed E-state index contributed by atoms with van der Waals surface area (Å²) in [5.41, 5.74) is 2.20. The number of hydrogen-bond donors (Lipinski definition) is 2. The van der Waals surface area contributed by atoms with Crippen LogP contribution in [0.2, 0.25) is 0 Å². The van der Waals surface area contributed by atoms with E-state index in [9.17, 15) is 4.79 Å². The van der Waals surface area contributed by atoms with Crippen LogP contribution in [0.4, 0.5) is 10.5 Å². The van der Waals surface area contributed by atoms with E-state index in [0.29, 0.717) is 17.9 Å². The quantitative estimate of drug-likeness (QED) is 0.816. The highest BCUT2D eigenvalue weighted by molar-refractivity contribution is 5.89. The largest absolute Gasteiger partial charge is 0.334 e. The zero-order valence-electron chi connectivity index (χ0n) is 10.6. The van der Waals surface area contributed by atoms with Crippen molar-refractivity contribution >= 4 is 11.7 Å². The SMILES string of the molecule is N#Cc1ccc(NC(=O)NCC2=CCCCC2)cn1. The third-order valence-corrected chi connectivity index (χ3v) is 3.00. The van der Waals surface area contributed by atoms with Gasteiger partial charge in [-0.2, -0.15) is 5.26 Å². The number of urea groups is 1. The second-order valence-corrected chi connectivity index (χ2v) is 4.46. The first-order chi connectivity index (χ1) is 9.28. The summed E-state index contributed by atoms with van der Waals surface area (Å²) >= 11 is 0. The molecule has 2 rings (SSSR count). The number of rotatable bonds is 3. The van der Waals surface area contributed by atoms with E-state index in [1.807, 2.05) is 6.07 Å². The fraction of sp³-hybridized carbons (Fsp3) is 0.357. The number of carbonyl (C=O) groups excluding carboxylic acids is 1. The molecule has 0 radical (unpaired) electrons. The molecule has 0 aromatic carbocycles. The third-order valence-electron chi connectivity index (χ3n) is 3.00. The molecule has 0 saturated heterocycles. The van der Waals surface area contributed by atoms with Crippen LogP contribution in [0.25, 0.3) is 0 Å². The molecule has 0 atom stereocenters. The van der Waals surface area contributed by atoms with Gasteiger partial charge in [0.05, 0.1) is 11.9 Å². The Labute approximate surface area is 112 Å². The molecule has 1 heterocycles. The molecule has 0 bridgehead atoms. The highest BCUT2D eigenvalue weighted by Gasteiger charge is 2.06. The number of carbonyl (C=O) groups is 1. The Morgan fingerprint density at radius 2 is 2.32 bits per heavy atom. The highest BCUT2D eigenvalue weighted by atomic mass is 16.2. The maximum absolute atomic E-state index is 11.7. The van der Waals surface area contributed by atoms with E-state index >= 15 is 0 Å². The summed E-state index contributed by atoms with van der Waals surface area (Å²) < 4.78 is 0. The van der Waals surface area contributed by atoms with Gasteiger partial charge < -0.3 is 10.6 Å². The molecule has 0 unspecified atom stereocenters. The van der Waals surface area contributed by atoms with E-state index in [-0.39, 0.29) is 6.03 Å². The van der Waals surface area contributed by atoms with Gasteiger partial charge in [-0.15, -0.1) is 0 Å². The van der Waals surface area contributed by atoms with Crippen LogP contribution in [0.3, 0.4) is 0 Å². The number of nitrogens with zero attached hydrogens (tertiary/aromatic N) is 2. The van der Waals surface area contributed by atoms with Crippen molar-refractivity contribution in [3.8, 4) is 6.07 Å². The first-order valence-corrected chi connectivity index (χ1v) is 6.37. The van der Waals surface area contributed by atoms with E-state index in [4.69, 9.17) is 5.26 Å². The number of anilines is 1. The average molecular weight is 256 g/mol. The molecule has 5 heteroatoms. The van der Waals surface area contributed by atoms with E-state index in [2.05, 4.69) is 21.7 Å². The van der Waals surface area contributed by atoms with Crippen LogP contribution in [0.5, 0.6) is 0 Å². The summed E-state index contributed by atoms with van der Waals surface area (Å²) in [6.45, 7) is 0.593. The van der Waals surface area contributed by atoms with Gasteiger partial charge in [-0.25, -0.2) is 9.78 Å². The molecule has 1 aliphatic carbocycles. The molecule has 0 spiro atoms. The van der Waals surface area contributed by atoms with Gasteiger partial charge in [0.2, 0.25) is 0 Å². The van der Waals surface area contributed by atoms with Gasteiger partial charge in [0, 0.05) is 6.54 Å². The molecule has 1 aromatic rings. The molecule has 98 valence electrons. The Morgan fingerprint density at radius 3 is 2.95 bits per heavy atom. The standard InChI is InChI=1S/C14H16N4O/c15-8-12-6-7-13(10-16-12)18-14(19)17-9-11-4-2-1-3-5-11/h4,6-7,10H,1-3,5,9H2,(H2,17,18,19). The van der Waals surface area contributed by atoms with Crippen LogP contribution in [-0.2, 0) is 0 Å². The van der Waals surface area contributed by atoms with Crippen LogP contribution >= 0.6 is 0 Å². The Balaban J connectivity index is 1.80. The summed E-state index contributed by atoms with van der Waals surface area (Å²) in [4.78, 5) is 15.6. The zero-order valence-corrected chi connectivity index (χ0v) is 10.6. The van der Waals surface area contributed by atoms with Crippen molar-refractivity contribution < 1.29 is 4.79 Å². The van der Waals surface area contributed by atoms with E-state index < -0.39 is 0 Å². The Morgan fingerprint density at radius 1 is 1.42 bits per heavy atom. The van der Waals surface area contributed by atoms with Crippen LogP contribution in [0, 0.1) is 11.3 Å². The van der Waals surface area contributed by atoms with Crippen molar-refractivity contribution in [3.05, 3.63) is 35.7 Å². The molecule has 1 aliphatic rings. The number of amides is 2. The number of allylic oxidation sites excluding steroid dienone is 1. The second kappa shape index (κ2) is 6.55. The molecular weight excluding hydrogens is 240 g/mol. The van der Waals surface area contributed by atoms with Crippen LogP contribution in [0.1, 0.15) is 31.4 Å². The molecule has 0 fully saturated rings. The van der Waals surface area contributed by atoms with E-state index in [1.165, 1.54) is 24.6 Å². The smallest absolute Gasteiger partial charge is 0.319 e. The first-order valence-electron chi connectivity index (χ1n) is 6.37. The Bertz CT molecular complexity index is 513. The van der Waals surface area contributed by atoms with Crippen LogP contribution in [0.15, 0.2) is 30.0 Å². The van der Waals surface area contributed by atoms with Crippen LogP contribution < -0.4 is 10.6 Å². The minimum atomic E-state index is -0.252. The summed E-state index contributed by atoms with van der Waals surface area (Å²) in [6.07, 6.45) is 8.29. The molecule has 0 saturated carbocycles. The number of pyridine rings is 1.